The molecule has 0 saturated carbocycles. The van der Waals surface area contributed by atoms with Crippen molar-refractivity contribution in [1.82, 2.24) is 0 Å². The molecule has 0 aliphatic carbocycles. The molecule has 0 aromatic heterocycles. The van der Waals surface area contributed by atoms with Crippen molar-refractivity contribution in [3.63, 3.8) is 0 Å². The summed E-state index contributed by atoms with van der Waals surface area (Å²) in [6, 6.07) is 8.75. The SMILES string of the molecule is CC(C)=CCO/C=C\C(=C/N)c1cc(C)c(-c2ccc(N)cc2F)cc1C. The third kappa shape index (κ3) is 5.23. The van der Waals surface area contributed by atoms with Crippen LogP contribution in [0.4, 0.5) is 10.1 Å². The fraction of sp³-hybridized carbons (Fsp3) is 0.217. The minimum absolute atomic E-state index is 0.326. The van der Waals surface area contributed by atoms with E-state index in [4.69, 9.17) is 16.2 Å². The van der Waals surface area contributed by atoms with E-state index in [-0.39, 0.29) is 5.82 Å². The lowest BCUT2D eigenvalue weighted by Gasteiger charge is -2.14. The topological polar surface area (TPSA) is 61.3 Å². The number of anilines is 1. The largest absolute Gasteiger partial charge is 0.497 e. The number of hydrogen-bond donors (Lipinski definition) is 2. The molecule has 2 aromatic rings. The van der Waals surface area contributed by atoms with E-state index in [2.05, 4.69) is 0 Å². The van der Waals surface area contributed by atoms with Crippen molar-refractivity contribution in [1.29, 1.82) is 0 Å². The zero-order valence-electron chi connectivity index (χ0n) is 16.3. The van der Waals surface area contributed by atoms with Crippen LogP contribution in [0.1, 0.15) is 30.5 Å². The lowest BCUT2D eigenvalue weighted by atomic mass is 9.91. The predicted molar refractivity (Wildman–Crippen MR) is 112 cm³/mol. The molecule has 142 valence electrons. The number of ether oxygens (including phenoxy) is 1. The third-order valence-corrected chi connectivity index (χ3v) is 4.28. The van der Waals surface area contributed by atoms with Gasteiger partial charge in [0.25, 0.3) is 0 Å². The number of nitrogens with two attached hydrogens (primary N) is 2. The Morgan fingerprint density at radius 2 is 1.81 bits per heavy atom. The third-order valence-electron chi connectivity index (χ3n) is 4.28. The Labute approximate surface area is 160 Å². The van der Waals surface area contributed by atoms with Gasteiger partial charge in [0.1, 0.15) is 12.4 Å². The van der Waals surface area contributed by atoms with Crippen LogP contribution in [0, 0.1) is 19.7 Å². The maximum Gasteiger partial charge on any atom is 0.133 e. The molecular weight excluding hydrogens is 339 g/mol. The van der Waals surface area contributed by atoms with Crippen molar-refractivity contribution in [2.24, 2.45) is 5.73 Å². The number of nitrogen functional groups attached to an aromatic ring is 1. The van der Waals surface area contributed by atoms with Crippen LogP contribution in [0.5, 0.6) is 0 Å². The first-order valence-electron chi connectivity index (χ1n) is 8.84. The summed E-state index contributed by atoms with van der Waals surface area (Å²) in [6.07, 6.45) is 7.03. The van der Waals surface area contributed by atoms with Crippen molar-refractivity contribution >= 4 is 11.3 Å². The summed E-state index contributed by atoms with van der Waals surface area (Å²) < 4.78 is 19.8. The van der Waals surface area contributed by atoms with Gasteiger partial charge in [0.15, 0.2) is 0 Å². The van der Waals surface area contributed by atoms with Gasteiger partial charge in [-0.1, -0.05) is 17.7 Å². The van der Waals surface area contributed by atoms with E-state index in [9.17, 15) is 4.39 Å². The first-order chi connectivity index (χ1) is 12.8. The van der Waals surface area contributed by atoms with E-state index in [0.29, 0.717) is 17.9 Å². The molecule has 0 heterocycles. The predicted octanol–water partition coefficient (Wildman–Crippen LogP) is 5.49. The van der Waals surface area contributed by atoms with Crippen LogP contribution in [0.15, 0.2) is 60.5 Å². The Hall–Kier alpha value is -3.01. The summed E-state index contributed by atoms with van der Waals surface area (Å²) >= 11 is 0. The molecule has 4 N–H and O–H groups in total. The Morgan fingerprint density at radius 1 is 1.07 bits per heavy atom. The maximum atomic E-state index is 14.3. The van der Waals surface area contributed by atoms with E-state index in [1.807, 2.05) is 52.0 Å². The van der Waals surface area contributed by atoms with E-state index in [1.165, 1.54) is 11.6 Å². The molecule has 0 unspecified atom stereocenters. The van der Waals surface area contributed by atoms with Gasteiger partial charge < -0.3 is 16.2 Å². The van der Waals surface area contributed by atoms with Crippen molar-refractivity contribution < 1.29 is 9.13 Å². The van der Waals surface area contributed by atoms with Crippen molar-refractivity contribution in [2.45, 2.75) is 27.7 Å². The van der Waals surface area contributed by atoms with E-state index in [1.54, 1.807) is 24.6 Å². The van der Waals surface area contributed by atoms with Crippen LogP contribution >= 0.6 is 0 Å². The summed E-state index contributed by atoms with van der Waals surface area (Å²) in [5, 5.41) is 0. The Morgan fingerprint density at radius 3 is 2.44 bits per heavy atom. The lowest BCUT2D eigenvalue weighted by molar-refractivity contribution is 0.289. The van der Waals surface area contributed by atoms with Crippen molar-refractivity contribution in [3.05, 3.63) is 83.0 Å². The molecule has 0 fully saturated rings. The quantitative estimate of drug-likeness (QED) is 0.234. The molecule has 0 bridgehead atoms. The number of rotatable bonds is 6. The average molecular weight is 366 g/mol. The van der Waals surface area contributed by atoms with Crippen LogP contribution in [0.2, 0.25) is 0 Å². The van der Waals surface area contributed by atoms with Crippen LogP contribution in [0.3, 0.4) is 0 Å². The number of halogens is 1. The van der Waals surface area contributed by atoms with Crippen molar-refractivity contribution in [2.75, 3.05) is 12.3 Å². The zero-order chi connectivity index (χ0) is 20.0. The minimum atomic E-state index is -0.326. The highest BCUT2D eigenvalue weighted by Crippen LogP contribution is 2.32. The van der Waals surface area contributed by atoms with Crippen LogP contribution < -0.4 is 11.5 Å². The van der Waals surface area contributed by atoms with E-state index in [0.717, 1.165) is 27.8 Å². The van der Waals surface area contributed by atoms with Crippen LogP contribution in [0.25, 0.3) is 16.7 Å². The zero-order valence-corrected chi connectivity index (χ0v) is 16.3. The summed E-state index contributed by atoms with van der Waals surface area (Å²) in [6.45, 7) is 8.50. The van der Waals surface area contributed by atoms with Gasteiger partial charge in [-0.2, -0.15) is 0 Å². The molecule has 0 atom stereocenters. The second-order valence-electron chi connectivity index (χ2n) is 6.76. The summed E-state index contributed by atoms with van der Waals surface area (Å²) in [7, 11) is 0. The van der Waals surface area contributed by atoms with Gasteiger partial charge in [-0.25, -0.2) is 4.39 Å². The Balaban J connectivity index is 2.32. The van der Waals surface area contributed by atoms with Gasteiger partial charge in [-0.3, -0.25) is 0 Å². The molecule has 0 aliphatic heterocycles. The molecule has 0 saturated heterocycles. The number of benzene rings is 2. The standard InChI is InChI=1S/C23H27FN2O/c1-15(2)7-9-27-10-8-18(14-25)21-11-17(4)22(12-16(21)3)20-6-5-19(26)13-23(20)24/h5-8,10-14H,9,25-26H2,1-4H3/b10-8-,18-14+. The van der Waals surface area contributed by atoms with Crippen LogP contribution in [-0.4, -0.2) is 6.61 Å². The highest BCUT2D eigenvalue weighted by molar-refractivity contribution is 5.80. The molecule has 4 heteroatoms. The van der Waals surface area contributed by atoms with Gasteiger partial charge >= 0.3 is 0 Å². The molecular formula is C23H27FN2O. The van der Waals surface area contributed by atoms with Gasteiger partial charge in [0.2, 0.25) is 0 Å². The van der Waals surface area contributed by atoms with E-state index >= 15 is 0 Å². The first-order valence-corrected chi connectivity index (χ1v) is 8.84. The minimum Gasteiger partial charge on any atom is -0.497 e. The molecule has 0 amide bonds. The Bertz CT molecular complexity index is 907. The fourth-order valence-corrected chi connectivity index (χ4v) is 2.79. The van der Waals surface area contributed by atoms with Crippen LogP contribution in [-0.2, 0) is 4.74 Å². The smallest absolute Gasteiger partial charge is 0.133 e. The molecule has 0 aliphatic rings. The molecule has 27 heavy (non-hydrogen) atoms. The van der Waals surface area contributed by atoms with Gasteiger partial charge in [-0.05, 0) is 80.3 Å². The molecule has 2 aromatic carbocycles. The highest BCUT2D eigenvalue weighted by Gasteiger charge is 2.12. The molecule has 0 radical (unpaired) electrons. The monoisotopic (exact) mass is 366 g/mol. The van der Waals surface area contributed by atoms with Crippen molar-refractivity contribution in [3.8, 4) is 11.1 Å². The van der Waals surface area contributed by atoms with Gasteiger partial charge in [0.05, 0.1) is 6.26 Å². The normalized spacial score (nSPS) is 11.7. The second kappa shape index (κ2) is 9.08. The lowest BCUT2D eigenvalue weighted by Crippen LogP contribution is -1.97. The van der Waals surface area contributed by atoms with Gasteiger partial charge in [-0.15, -0.1) is 0 Å². The van der Waals surface area contributed by atoms with E-state index < -0.39 is 0 Å². The number of hydrogen-bond acceptors (Lipinski definition) is 3. The second-order valence-corrected chi connectivity index (χ2v) is 6.76. The molecule has 3 nitrogen and oxygen atoms in total. The number of aryl methyl sites for hydroxylation is 2. The highest BCUT2D eigenvalue weighted by atomic mass is 19.1. The first kappa shape index (κ1) is 20.3. The summed E-state index contributed by atoms with van der Waals surface area (Å²) in [5.74, 6) is -0.326. The number of allylic oxidation sites excluding steroid dienone is 3. The molecule has 2 rings (SSSR count). The summed E-state index contributed by atoms with van der Waals surface area (Å²) in [4.78, 5) is 0. The average Bonchev–Trinajstić information content (AvgIpc) is 2.60. The fourth-order valence-electron chi connectivity index (χ4n) is 2.79. The summed E-state index contributed by atoms with van der Waals surface area (Å²) in [5.41, 5.74) is 18.3. The van der Waals surface area contributed by atoms with Gasteiger partial charge in [0, 0.05) is 23.0 Å². The molecule has 0 spiro atoms. The Kier molecular flexibility index (Phi) is 6.83. The maximum absolute atomic E-state index is 14.3.